The summed E-state index contributed by atoms with van der Waals surface area (Å²) < 4.78 is 1.87. The van der Waals surface area contributed by atoms with Gasteiger partial charge < -0.3 is 5.32 Å². The van der Waals surface area contributed by atoms with Crippen LogP contribution < -0.4 is 5.32 Å². The van der Waals surface area contributed by atoms with Crippen LogP contribution in [0, 0.1) is 12.3 Å². The van der Waals surface area contributed by atoms with Crippen LogP contribution >= 0.6 is 0 Å². The summed E-state index contributed by atoms with van der Waals surface area (Å²) in [6, 6.07) is 4.17. The zero-order chi connectivity index (χ0) is 18.3. The minimum atomic E-state index is 0.421. The molecule has 134 valence electrons. The fraction of sp³-hybridized carbons (Fsp3) is 0.400. The number of nitrogens with zero attached hydrogens (tertiary/aromatic N) is 5. The number of rotatable bonds is 5. The van der Waals surface area contributed by atoms with E-state index in [1.807, 2.05) is 43.9 Å². The number of anilines is 1. The lowest BCUT2D eigenvalue weighted by molar-refractivity contribution is 0.606. The van der Waals surface area contributed by atoms with E-state index in [2.05, 4.69) is 44.4 Å². The summed E-state index contributed by atoms with van der Waals surface area (Å²) in [5, 5.41) is 7.94. The summed E-state index contributed by atoms with van der Waals surface area (Å²) in [4.78, 5) is 13.5. The van der Waals surface area contributed by atoms with Crippen molar-refractivity contribution in [2.24, 2.45) is 10.4 Å². The Kier molecular flexibility index (Phi) is 3.98. The molecule has 6 nitrogen and oxygen atoms in total. The van der Waals surface area contributed by atoms with Gasteiger partial charge in [0.2, 0.25) is 5.95 Å². The molecule has 0 atom stereocenters. The van der Waals surface area contributed by atoms with Gasteiger partial charge in [-0.15, -0.1) is 5.10 Å². The molecule has 1 aliphatic rings. The minimum Gasteiger partial charge on any atom is -0.352 e. The monoisotopic (exact) mass is 348 g/mol. The first-order chi connectivity index (χ1) is 12.4. The second-order valence-electron chi connectivity index (χ2n) is 7.73. The molecule has 3 aromatic rings. The largest absolute Gasteiger partial charge is 0.352 e. The molecule has 0 radical (unpaired) electrons. The lowest BCUT2D eigenvalue weighted by Gasteiger charge is -2.10. The van der Waals surface area contributed by atoms with E-state index in [4.69, 9.17) is 0 Å². The van der Waals surface area contributed by atoms with Crippen molar-refractivity contribution in [2.45, 2.75) is 40.5 Å². The molecular formula is C20H24N6. The van der Waals surface area contributed by atoms with Gasteiger partial charge in [0.1, 0.15) is 0 Å². The smallest absolute Gasteiger partial charge is 0.241 e. The van der Waals surface area contributed by atoms with Crippen molar-refractivity contribution in [2.75, 3.05) is 11.9 Å². The molecule has 0 aliphatic heterocycles. The summed E-state index contributed by atoms with van der Waals surface area (Å²) in [7, 11) is 0. The molecule has 4 rings (SSSR count). The molecule has 1 N–H and O–H groups in total. The molecule has 0 saturated heterocycles. The Hall–Kier alpha value is -2.76. The van der Waals surface area contributed by atoms with Crippen LogP contribution in [0.5, 0.6) is 0 Å². The van der Waals surface area contributed by atoms with Gasteiger partial charge in [0.25, 0.3) is 0 Å². The van der Waals surface area contributed by atoms with Crippen LogP contribution in [0.15, 0.2) is 35.7 Å². The predicted octanol–water partition coefficient (Wildman–Crippen LogP) is 4.42. The number of fused-ring (bicyclic) bond motifs is 1. The normalized spacial score (nSPS) is 15.1. The maximum atomic E-state index is 4.58. The van der Waals surface area contributed by atoms with Gasteiger partial charge >= 0.3 is 0 Å². The quantitative estimate of drug-likeness (QED) is 0.693. The summed E-state index contributed by atoms with van der Waals surface area (Å²) in [6.07, 6.45) is 8.26. The summed E-state index contributed by atoms with van der Waals surface area (Å²) in [5.41, 5.74) is 5.57. The highest BCUT2D eigenvalue weighted by Crippen LogP contribution is 2.44. The molecule has 3 heterocycles. The topological polar surface area (TPSA) is 67.5 Å². The zero-order valence-corrected chi connectivity index (χ0v) is 15.7. The molecule has 0 spiro atoms. The van der Waals surface area contributed by atoms with Crippen molar-refractivity contribution in [1.82, 2.24) is 19.6 Å². The first kappa shape index (κ1) is 16.7. The molecule has 1 fully saturated rings. The second kappa shape index (κ2) is 6.20. The van der Waals surface area contributed by atoms with Gasteiger partial charge in [-0.2, -0.15) is 0 Å². The lowest BCUT2D eigenvalue weighted by atomic mass is 10.1. The van der Waals surface area contributed by atoms with Gasteiger partial charge in [0.15, 0.2) is 5.82 Å². The van der Waals surface area contributed by atoms with E-state index < -0.39 is 0 Å². The molecule has 1 aliphatic carbocycles. The molecule has 26 heavy (non-hydrogen) atoms. The van der Waals surface area contributed by atoms with E-state index in [0.29, 0.717) is 11.4 Å². The Morgan fingerprint density at radius 3 is 2.77 bits per heavy atom. The lowest BCUT2D eigenvalue weighted by Crippen LogP contribution is -2.14. The Balaban J connectivity index is 1.62. The van der Waals surface area contributed by atoms with E-state index in [9.17, 15) is 0 Å². The standard InChI is InChI=1S/C20H24N6/c1-13(2)24-18-14(3)9-15(10-21-18)16-5-8-26-17(16)11-22-19(25-26)23-12-20(4)6-7-20/h5,8-11H,6-7,12H2,1-4H3,(H,23,25). The summed E-state index contributed by atoms with van der Waals surface area (Å²) in [6.45, 7) is 9.20. The van der Waals surface area contributed by atoms with Crippen molar-refractivity contribution < 1.29 is 0 Å². The highest BCUT2D eigenvalue weighted by Gasteiger charge is 2.36. The maximum absolute atomic E-state index is 4.58. The Bertz CT molecular complexity index is 993. The number of aromatic nitrogens is 4. The van der Waals surface area contributed by atoms with Crippen molar-refractivity contribution in [3.05, 3.63) is 36.3 Å². The SMILES string of the molecule is CC(C)=Nc1ncc(-c2ccn3nc(NCC4(C)CC4)ncc23)cc1C. The number of hydrogen-bond donors (Lipinski definition) is 1. The Morgan fingerprint density at radius 1 is 1.27 bits per heavy atom. The third-order valence-electron chi connectivity index (χ3n) is 4.88. The fourth-order valence-electron chi connectivity index (χ4n) is 2.95. The molecule has 0 amide bonds. The molecule has 6 heteroatoms. The van der Waals surface area contributed by atoms with Crippen LogP contribution in [0.3, 0.4) is 0 Å². The minimum absolute atomic E-state index is 0.421. The first-order valence-electron chi connectivity index (χ1n) is 9.01. The van der Waals surface area contributed by atoms with Crippen LogP contribution in [0.1, 0.15) is 39.2 Å². The van der Waals surface area contributed by atoms with Crippen LogP contribution in [0.4, 0.5) is 11.8 Å². The Morgan fingerprint density at radius 2 is 2.08 bits per heavy atom. The van der Waals surface area contributed by atoms with Crippen LogP contribution in [0.25, 0.3) is 16.6 Å². The summed E-state index contributed by atoms with van der Waals surface area (Å²) in [5.74, 6) is 1.44. The number of pyridine rings is 1. The number of aliphatic imine (C=N–C) groups is 1. The van der Waals surface area contributed by atoms with Crippen molar-refractivity contribution in [3.8, 4) is 11.1 Å². The average Bonchev–Trinajstić information content (AvgIpc) is 3.19. The second-order valence-corrected chi connectivity index (χ2v) is 7.73. The predicted molar refractivity (Wildman–Crippen MR) is 105 cm³/mol. The molecule has 1 saturated carbocycles. The van der Waals surface area contributed by atoms with E-state index in [0.717, 1.165) is 40.3 Å². The molecule has 0 aromatic carbocycles. The highest BCUT2D eigenvalue weighted by atomic mass is 15.3. The van der Waals surface area contributed by atoms with Crippen molar-refractivity contribution in [3.63, 3.8) is 0 Å². The average molecular weight is 348 g/mol. The van der Waals surface area contributed by atoms with Gasteiger partial charge in [-0.25, -0.2) is 19.5 Å². The van der Waals surface area contributed by atoms with Gasteiger partial charge in [-0.3, -0.25) is 0 Å². The maximum Gasteiger partial charge on any atom is 0.241 e. The van der Waals surface area contributed by atoms with E-state index >= 15 is 0 Å². The van der Waals surface area contributed by atoms with Gasteiger partial charge in [0, 0.05) is 35.8 Å². The number of nitrogens with one attached hydrogen (secondary N) is 1. The van der Waals surface area contributed by atoms with Gasteiger partial charge in [-0.05, 0) is 56.7 Å². The van der Waals surface area contributed by atoms with Crippen LogP contribution in [-0.4, -0.2) is 31.8 Å². The number of hydrogen-bond acceptors (Lipinski definition) is 5. The summed E-state index contributed by atoms with van der Waals surface area (Å²) >= 11 is 0. The molecule has 0 bridgehead atoms. The number of aryl methyl sites for hydroxylation is 1. The first-order valence-corrected chi connectivity index (χ1v) is 9.01. The van der Waals surface area contributed by atoms with Gasteiger partial charge in [-0.1, -0.05) is 6.92 Å². The fourth-order valence-corrected chi connectivity index (χ4v) is 2.95. The molecule has 0 unspecified atom stereocenters. The van der Waals surface area contributed by atoms with E-state index in [1.54, 1.807) is 0 Å². The van der Waals surface area contributed by atoms with Crippen molar-refractivity contribution >= 4 is 23.0 Å². The van der Waals surface area contributed by atoms with E-state index in [1.165, 1.54) is 12.8 Å². The third-order valence-corrected chi connectivity index (χ3v) is 4.88. The molecule has 3 aromatic heterocycles. The zero-order valence-electron chi connectivity index (χ0n) is 15.7. The highest BCUT2D eigenvalue weighted by molar-refractivity contribution is 5.83. The van der Waals surface area contributed by atoms with Crippen molar-refractivity contribution in [1.29, 1.82) is 0 Å². The van der Waals surface area contributed by atoms with E-state index in [-0.39, 0.29) is 0 Å². The van der Waals surface area contributed by atoms with Crippen LogP contribution in [0.2, 0.25) is 0 Å². The van der Waals surface area contributed by atoms with Crippen LogP contribution in [-0.2, 0) is 0 Å². The molecular weight excluding hydrogens is 324 g/mol. The Labute approximate surface area is 153 Å². The third kappa shape index (κ3) is 3.31. The van der Waals surface area contributed by atoms with Gasteiger partial charge in [0.05, 0.1) is 11.7 Å².